The maximum Gasteiger partial charge on any atom is 0.304 e. The quantitative estimate of drug-likeness (QED) is 0.776. The van der Waals surface area contributed by atoms with Crippen LogP contribution in [0.2, 0.25) is 0 Å². The molecule has 0 aliphatic carbocycles. The SMILES string of the molecule is COc1ccc(CCN(C)CCC(=O)O)c(OC)c1. The highest BCUT2D eigenvalue weighted by atomic mass is 16.5. The lowest BCUT2D eigenvalue weighted by atomic mass is 10.1. The minimum atomic E-state index is -0.770. The van der Waals surface area contributed by atoms with E-state index in [9.17, 15) is 4.79 Å². The fraction of sp³-hybridized carbons (Fsp3) is 0.500. The van der Waals surface area contributed by atoms with E-state index in [0.717, 1.165) is 30.0 Å². The second kappa shape index (κ2) is 7.63. The molecule has 1 aromatic rings. The molecule has 0 aromatic heterocycles. The third-order valence-corrected chi connectivity index (χ3v) is 2.96. The van der Waals surface area contributed by atoms with Crippen LogP contribution in [0.25, 0.3) is 0 Å². The minimum Gasteiger partial charge on any atom is -0.497 e. The Hall–Kier alpha value is -1.75. The van der Waals surface area contributed by atoms with Gasteiger partial charge < -0.3 is 19.5 Å². The number of nitrogens with zero attached hydrogens (tertiary/aromatic N) is 1. The van der Waals surface area contributed by atoms with E-state index in [0.29, 0.717) is 6.54 Å². The zero-order valence-corrected chi connectivity index (χ0v) is 11.7. The summed E-state index contributed by atoms with van der Waals surface area (Å²) < 4.78 is 10.5. The van der Waals surface area contributed by atoms with Gasteiger partial charge in [-0.15, -0.1) is 0 Å². The minimum absolute atomic E-state index is 0.163. The van der Waals surface area contributed by atoms with Gasteiger partial charge in [0, 0.05) is 19.2 Å². The van der Waals surface area contributed by atoms with E-state index in [4.69, 9.17) is 14.6 Å². The normalized spacial score (nSPS) is 10.5. The smallest absolute Gasteiger partial charge is 0.304 e. The first-order valence-electron chi connectivity index (χ1n) is 6.18. The van der Waals surface area contributed by atoms with Crippen LogP contribution >= 0.6 is 0 Å². The van der Waals surface area contributed by atoms with E-state index >= 15 is 0 Å². The van der Waals surface area contributed by atoms with Crippen LogP contribution in [0.5, 0.6) is 11.5 Å². The van der Waals surface area contributed by atoms with Gasteiger partial charge in [0.2, 0.25) is 0 Å². The number of aliphatic carboxylic acids is 1. The van der Waals surface area contributed by atoms with Crippen LogP contribution in [0.3, 0.4) is 0 Å². The summed E-state index contributed by atoms with van der Waals surface area (Å²) in [7, 11) is 5.17. The van der Waals surface area contributed by atoms with Crippen LogP contribution in [0.1, 0.15) is 12.0 Å². The van der Waals surface area contributed by atoms with Crippen molar-refractivity contribution in [2.24, 2.45) is 0 Å². The van der Waals surface area contributed by atoms with Gasteiger partial charge in [-0.2, -0.15) is 0 Å². The highest BCUT2D eigenvalue weighted by Crippen LogP contribution is 2.24. The third-order valence-electron chi connectivity index (χ3n) is 2.96. The molecule has 0 aliphatic heterocycles. The fourth-order valence-corrected chi connectivity index (χ4v) is 1.77. The first-order valence-corrected chi connectivity index (χ1v) is 6.18. The molecule has 5 heteroatoms. The van der Waals surface area contributed by atoms with Gasteiger partial charge in [0.25, 0.3) is 0 Å². The summed E-state index contributed by atoms with van der Waals surface area (Å²) in [5.41, 5.74) is 1.09. The molecule has 0 saturated carbocycles. The molecule has 19 heavy (non-hydrogen) atoms. The first-order chi connectivity index (χ1) is 9.06. The van der Waals surface area contributed by atoms with Crippen molar-refractivity contribution in [3.8, 4) is 11.5 Å². The molecule has 1 rings (SSSR count). The summed E-state index contributed by atoms with van der Waals surface area (Å²) in [6, 6.07) is 5.73. The summed E-state index contributed by atoms with van der Waals surface area (Å²) in [6.07, 6.45) is 0.972. The Balaban J connectivity index is 2.54. The Morgan fingerprint density at radius 1 is 1.26 bits per heavy atom. The Bertz CT molecular complexity index is 420. The number of rotatable bonds is 8. The van der Waals surface area contributed by atoms with E-state index < -0.39 is 5.97 Å². The maximum atomic E-state index is 10.5. The number of hydrogen-bond donors (Lipinski definition) is 1. The third kappa shape index (κ3) is 5.18. The van der Waals surface area contributed by atoms with Crippen molar-refractivity contribution in [3.05, 3.63) is 23.8 Å². The number of benzene rings is 1. The molecule has 0 aliphatic rings. The molecule has 0 amide bonds. The van der Waals surface area contributed by atoms with E-state index in [1.807, 2.05) is 30.1 Å². The van der Waals surface area contributed by atoms with Gasteiger partial charge in [0.1, 0.15) is 11.5 Å². The topological polar surface area (TPSA) is 59.0 Å². The molecule has 0 radical (unpaired) electrons. The van der Waals surface area contributed by atoms with Crippen molar-refractivity contribution >= 4 is 5.97 Å². The molecule has 1 aromatic carbocycles. The maximum absolute atomic E-state index is 10.5. The molecule has 0 unspecified atom stereocenters. The zero-order chi connectivity index (χ0) is 14.3. The van der Waals surface area contributed by atoms with Crippen molar-refractivity contribution in [2.75, 3.05) is 34.4 Å². The number of hydrogen-bond acceptors (Lipinski definition) is 4. The Morgan fingerprint density at radius 2 is 2.00 bits per heavy atom. The molecule has 106 valence electrons. The molecule has 5 nitrogen and oxygen atoms in total. The number of carbonyl (C=O) groups is 1. The lowest BCUT2D eigenvalue weighted by molar-refractivity contribution is -0.137. The molecule has 1 N–H and O–H groups in total. The van der Waals surface area contributed by atoms with Crippen molar-refractivity contribution < 1.29 is 19.4 Å². The van der Waals surface area contributed by atoms with Crippen LogP contribution < -0.4 is 9.47 Å². The molecule has 0 bridgehead atoms. The van der Waals surface area contributed by atoms with Crippen LogP contribution in [-0.4, -0.2) is 50.3 Å². The van der Waals surface area contributed by atoms with Crippen LogP contribution in [0, 0.1) is 0 Å². The number of methoxy groups -OCH3 is 2. The Morgan fingerprint density at radius 3 is 2.58 bits per heavy atom. The monoisotopic (exact) mass is 267 g/mol. The Kier molecular flexibility index (Phi) is 6.15. The number of ether oxygens (including phenoxy) is 2. The molecule has 0 fully saturated rings. The molecule has 0 atom stereocenters. The van der Waals surface area contributed by atoms with Gasteiger partial charge in [0.05, 0.1) is 20.6 Å². The van der Waals surface area contributed by atoms with E-state index in [-0.39, 0.29) is 6.42 Å². The van der Waals surface area contributed by atoms with Gasteiger partial charge in [-0.3, -0.25) is 4.79 Å². The highest BCUT2D eigenvalue weighted by molar-refractivity contribution is 5.66. The van der Waals surface area contributed by atoms with Crippen molar-refractivity contribution in [3.63, 3.8) is 0 Å². The second-order valence-electron chi connectivity index (χ2n) is 4.37. The molecule has 0 spiro atoms. The van der Waals surface area contributed by atoms with Crippen molar-refractivity contribution in [1.29, 1.82) is 0 Å². The van der Waals surface area contributed by atoms with Gasteiger partial charge in [-0.25, -0.2) is 0 Å². The average molecular weight is 267 g/mol. The summed E-state index contributed by atoms with van der Waals surface area (Å²) in [5.74, 6) is 0.791. The van der Waals surface area contributed by atoms with Gasteiger partial charge in [-0.1, -0.05) is 6.07 Å². The van der Waals surface area contributed by atoms with Gasteiger partial charge in [0.15, 0.2) is 0 Å². The summed E-state index contributed by atoms with van der Waals surface area (Å²) in [5, 5.41) is 8.63. The summed E-state index contributed by atoms with van der Waals surface area (Å²) in [6.45, 7) is 1.34. The molecular weight excluding hydrogens is 246 g/mol. The molecular formula is C14H21NO4. The lowest BCUT2D eigenvalue weighted by Crippen LogP contribution is -2.24. The van der Waals surface area contributed by atoms with Crippen LogP contribution in [0.4, 0.5) is 0 Å². The number of carboxylic acid groups (broad SMARTS) is 1. The van der Waals surface area contributed by atoms with Crippen LogP contribution in [-0.2, 0) is 11.2 Å². The fourth-order valence-electron chi connectivity index (χ4n) is 1.77. The predicted octanol–water partition coefficient (Wildman–Crippen LogP) is 1.65. The summed E-state index contributed by atoms with van der Waals surface area (Å²) in [4.78, 5) is 12.5. The lowest BCUT2D eigenvalue weighted by Gasteiger charge is -2.16. The van der Waals surface area contributed by atoms with Gasteiger partial charge in [-0.05, 0) is 25.1 Å². The average Bonchev–Trinajstić information content (AvgIpc) is 2.42. The zero-order valence-electron chi connectivity index (χ0n) is 11.7. The van der Waals surface area contributed by atoms with Crippen LogP contribution in [0.15, 0.2) is 18.2 Å². The van der Waals surface area contributed by atoms with Crippen molar-refractivity contribution in [1.82, 2.24) is 4.90 Å². The summed E-state index contributed by atoms with van der Waals surface area (Å²) >= 11 is 0. The molecule has 0 heterocycles. The number of likely N-dealkylation sites (N-methyl/N-ethyl adjacent to an activating group) is 1. The van der Waals surface area contributed by atoms with Gasteiger partial charge >= 0.3 is 5.97 Å². The predicted molar refractivity (Wildman–Crippen MR) is 73.0 cm³/mol. The van der Waals surface area contributed by atoms with Crippen molar-refractivity contribution in [2.45, 2.75) is 12.8 Å². The van der Waals surface area contributed by atoms with E-state index in [2.05, 4.69) is 0 Å². The largest absolute Gasteiger partial charge is 0.497 e. The second-order valence-corrected chi connectivity index (χ2v) is 4.37. The Labute approximate surface area is 113 Å². The van der Waals surface area contributed by atoms with E-state index in [1.54, 1.807) is 14.2 Å². The highest BCUT2D eigenvalue weighted by Gasteiger charge is 2.07. The molecule has 0 saturated heterocycles. The van der Waals surface area contributed by atoms with E-state index in [1.165, 1.54) is 0 Å². The first kappa shape index (κ1) is 15.3. The number of carboxylic acids is 1. The standard InChI is InChI=1S/C14H21NO4/c1-15(9-7-14(16)17)8-6-11-4-5-12(18-2)10-13(11)19-3/h4-5,10H,6-9H2,1-3H3,(H,16,17).